The van der Waals surface area contributed by atoms with Gasteiger partial charge in [0.15, 0.2) is 11.6 Å². The molecule has 0 atom stereocenters. The molecule has 0 radical (unpaired) electrons. The summed E-state index contributed by atoms with van der Waals surface area (Å²) in [5.41, 5.74) is 0.819. The maximum Gasteiger partial charge on any atom is 0.165 e. The van der Waals surface area contributed by atoms with Crippen molar-refractivity contribution in [2.75, 3.05) is 33.4 Å². The summed E-state index contributed by atoms with van der Waals surface area (Å²) < 4.78 is 18.4. The molecule has 0 unspecified atom stereocenters. The fraction of sp³-hybridized carbons (Fsp3) is 0.538. The first kappa shape index (κ1) is 14.9. The van der Waals surface area contributed by atoms with Gasteiger partial charge in [-0.2, -0.15) is 0 Å². The Balaban J connectivity index is 2.64. The van der Waals surface area contributed by atoms with Gasteiger partial charge >= 0.3 is 0 Å². The Morgan fingerprint density at radius 1 is 1.22 bits per heavy atom. The molecule has 0 aliphatic rings. The molecule has 0 heterocycles. The Morgan fingerprint density at radius 3 is 2.56 bits per heavy atom. The smallest absolute Gasteiger partial charge is 0.165 e. The van der Waals surface area contributed by atoms with Gasteiger partial charge in [-0.05, 0) is 24.1 Å². The highest BCUT2D eigenvalue weighted by atomic mass is 19.1. The van der Waals surface area contributed by atoms with Crippen LogP contribution in [-0.4, -0.2) is 48.5 Å². The number of methoxy groups -OCH3 is 1. The minimum absolute atomic E-state index is 0.0457. The van der Waals surface area contributed by atoms with Crippen LogP contribution in [0.15, 0.2) is 18.2 Å². The van der Waals surface area contributed by atoms with Gasteiger partial charge in [-0.15, -0.1) is 0 Å². The molecule has 0 aliphatic carbocycles. The van der Waals surface area contributed by atoms with Gasteiger partial charge in [0.2, 0.25) is 0 Å². The first-order valence-corrected chi connectivity index (χ1v) is 5.97. The topological polar surface area (TPSA) is 52.9 Å². The van der Waals surface area contributed by atoms with Crippen molar-refractivity contribution in [2.45, 2.75) is 13.0 Å². The van der Waals surface area contributed by atoms with Crippen LogP contribution in [0.2, 0.25) is 0 Å². The van der Waals surface area contributed by atoms with Crippen LogP contribution in [0.3, 0.4) is 0 Å². The number of hydrogen-bond acceptors (Lipinski definition) is 4. The van der Waals surface area contributed by atoms with Crippen LogP contribution >= 0.6 is 0 Å². The minimum atomic E-state index is -0.388. The zero-order valence-corrected chi connectivity index (χ0v) is 10.6. The summed E-state index contributed by atoms with van der Waals surface area (Å²) in [4.78, 5) is 1.97. The van der Waals surface area contributed by atoms with Gasteiger partial charge in [0.25, 0.3) is 0 Å². The second-order valence-corrected chi connectivity index (χ2v) is 4.05. The number of ether oxygens (including phenoxy) is 1. The van der Waals surface area contributed by atoms with Crippen molar-refractivity contribution in [1.29, 1.82) is 0 Å². The highest BCUT2D eigenvalue weighted by Gasteiger charge is 2.08. The van der Waals surface area contributed by atoms with Crippen molar-refractivity contribution in [2.24, 2.45) is 0 Å². The van der Waals surface area contributed by atoms with Crippen molar-refractivity contribution in [3.8, 4) is 5.75 Å². The van der Waals surface area contributed by atoms with Gasteiger partial charge in [0.05, 0.1) is 13.7 Å². The molecular weight excluding hydrogens is 237 g/mol. The standard InChI is InChI=1S/C13H20FNO3/c1-18-13-4-3-11(9-12(13)14)10-15(6-8-17)5-2-7-16/h3-4,9,16-17H,2,5-8,10H2,1H3. The molecule has 102 valence electrons. The lowest BCUT2D eigenvalue weighted by molar-refractivity contribution is 0.174. The molecule has 0 spiro atoms. The molecule has 0 saturated heterocycles. The fourth-order valence-electron chi connectivity index (χ4n) is 1.77. The number of aliphatic hydroxyl groups excluding tert-OH is 2. The molecule has 1 aromatic rings. The largest absolute Gasteiger partial charge is 0.494 e. The van der Waals surface area contributed by atoms with E-state index in [4.69, 9.17) is 14.9 Å². The van der Waals surface area contributed by atoms with Crippen LogP contribution in [0.4, 0.5) is 4.39 Å². The number of rotatable bonds is 8. The summed E-state index contributed by atoms with van der Waals surface area (Å²) in [6, 6.07) is 4.82. The summed E-state index contributed by atoms with van der Waals surface area (Å²) in [5.74, 6) is -0.163. The Bertz CT molecular complexity index is 360. The Labute approximate surface area is 107 Å². The summed E-state index contributed by atoms with van der Waals surface area (Å²) in [6.45, 7) is 1.88. The Kier molecular flexibility index (Phi) is 6.64. The SMILES string of the molecule is COc1ccc(CN(CCO)CCCO)cc1F. The second kappa shape index (κ2) is 8.02. The summed E-state index contributed by atoms with van der Waals surface area (Å²) >= 11 is 0. The van der Waals surface area contributed by atoms with Crippen molar-refractivity contribution in [1.82, 2.24) is 4.90 Å². The fourth-order valence-corrected chi connectivity index (χ4v) is 1.77. The van der Waals surface area contributed by atoms with E-state index in [1.165, 1.54) is 13.2 Å². The molecule has 0 fully saturated rings. The van der Waals surface area contributed by atoms with Crippen LogP contribution < -0.4 is 4.74 Å². The van der Waals surface area contributed by atoms with E-state index in [2.05, 4.69) is 0 Å². The van der Waals surface area contributed by atoms with E-state index in [-0.39, 0.29) is 24.8 Å². The Hall–Kier alpha value is -1.17. The molecule has 0 bridgehead atoms. The van der Waals surface area contributed by atoms with E-state index in [1.807, 2.05) is 4.90 Å². The maximum atomic E-state index is 13.5. The van der Waals surface area contributed by atoms with E-state index in [0.717, 1.165) is 5.56 Å². The van der Waals surface area contributed by atoms with E-state index < -0.39 is 0 Å². The van der Waals surface area contributed by atoms with E-state index >= 15 is 0 Å². The van der Waals surface area contributed by atoms with E-state index in [9.17, 15) is 4.39 Å². The molecule has 1 aromatic carbocycles. The van der Waals surface area contributed by atoms with Gasteiger partial charge in [-0.1, -0.05) is 6.07 Å². The van der Waals surface area contributed by atoms with E-state index in [1.54, 1.807) is 12.1 Å². The Morgan fingerprint density at radius 2 is 2.00 bits per heavy atom. The zero-order chi connectivity index (χ0) is 13.4. The van der Waals surface area contributed by atoms with Gasteiger partial charge in [0.1, 0.15) is 0 Å². The first-order chi connectivity index (χ1) is 8.71. The average Bonchev–Trinajstić information content (AvgIpc) is 2.36. The summed E-state index contributed by atoms with van der Waals surface area (Å²) in [7, 11) is 1.43. The van der Waals surface area contributed by atoms with Crippen molar-refractivity contribution >= 4 is 0 Å². The maximum absolute atomic E-state index is 13.5. The van der Waals surface area contributed by atoms with Crippen molar-refractivity contribution < 1.29 is 19.3 Å². The van der Waals surface area contributed by atoms with Gasteiger partial charge < -0.3 is 14.9 Å². The molecule has 1 rings (SSSR count). The number of nitrogens with zero attached hydrogens (tertiary/aromatic N) is 1. The first-order valence-electron chi connectivity index (χ1n) is 5.97. The highest BCUT2D eigenvalue weighted by molar-refractivity contribution is 5.29. The molecular formula is C13H20FNO3. The predicted octanol–water partition coefficient (Wildman–Crippen LogP) is 1.01. The normalized spacial score (nSPS) is 10.9. The molecule has 0 saturated carbocycles. The lowest BCUT2D eigenvalue weighted by Crippen LogP contribution is -2.28. The lowest BCUT2D eigenvalue weighted by atomic mass is 10.2. The van der Waals surface area contributed by atoms with Gasteiger partial charge in [0, 0.05) is 26.2 Å². The lowest BCUT2D eigenvalue weighted by Gasteiger charge is -2.21. The summed E-state index contributed by atoms with van der Waals surface area (Å²) in [5, 5.41) is 17.7. The monoisotopic (exact) mass is 257 g/mol. The highest BCUT2D eigenvalue weighted by Crippen LogP contribution is 2.18. The second-order valence-electron chi connectivity index (χ2n) is 4.05. The predicted molar refractivity (Wildman–Crippen MR) is 67.0 cm³/mol. The third-order valence-electron chi connectivity index (χ3n) is 2.67. The van der Waals surface area contributed by atoms with Gasteiger partial charge in [-0.3, -0.25) is 4.90 Å². The zero-order valence-electron chi connectivity index (χ0n) is 10.6. The number of halogens is 1. The molecule has 4 nitrogen and oxygen atoms in total. The van der Waals surface area contributed by atoms with Crippen LogP contribution in [0, 0.1) is 5.82 Å². The number of hydrogen-bond donors (Lipinski definition) is 2. The molecule has 2 N–H and O–H groups in total. The third kappa shape index (κ3) is 4.60. The van der Waals surface area contributed by atoms with Gasteiger partial charge in [-0.25, -0.2) is 4.39 Å². The molecule has 18 heavy (non-hydrogen) atoms. The number of aliphatic hydroxyl groups is 2. The van der Waals surface area contributed by atoms with Crippen molar-refractivity contribution in [3.63, 3.8) is 0 Å². The van der Waals surface area contributed by atoms with Crippen LogP contribution in [0.25, 0.3) is 0 Å². The average molecular weight is 257 g/mol. The van der Waals surface area contributed by atoms with Crippen LogP contribution in [0.5, 0.6) is 5.75 Å². The van der Waals surface area contributed by atoms with Crippen molar-refractivity contribution in [3.05, 3.63) is 29.6 Å². The molecule has 0 aliphatic heterocycles. The van der Waals surface area contributed by atoms with Crippen LogP contribution in [0.1, 0.15) is 12.0 Å². The quantitative estimate of drug-likeness (QED) is 0.730. The molecule has 0 aromatic heterocycles. The molecule has 0 amide bonds. The number of benzene rings is 1. The van der Waals surface area contributed by atoms with E-state index in [0.29, 0.717) is 26.1 Å². The third-order valence-corrected chi connectivity index (χ3v) is 2.67. The summed E-state index contributed by atoms with van der Waals surface area (Å²) in [6.07, 6.45) is 0.638. The minimum Gasteiger partial charge on any atom is -0.494 e. The van der Waals surface area contributed by atoms with Crippen LogP contribution in [-0.2, 0) is 6.54 Å². The molecule has 5 heteroatoms.